The number of hydrogen-bond acceptors (Lipinski definition) is 7. The van der Waals surface area contributed by atoms with Crippen LogP contribution in [-0.4, -0.2) is 29.9 Å². The Kier molecular flexibility index (Phi) is 7.40. The van der Waals surface area contributed by atoms with Gasteiger partial charge in [-0.05, 0) is 47.0 Å². The topological polar surface area (TPSA) is 109 Å². The van der Waals surface area contributed by atoms with E-state index >= 15 is 0 Å². The van der Waals surface area contributed by atoms with Crippen molar-refractivity contribution in [3.63, 3.8) is 0 Å². The van der Waals surface area contributed by atoms with Crippen LogP contribution in [0.15, 0.2) is 113 Å². The molecule has 0 aromatic heterocycles. The number of anilines is 1. The molecule has 9 heteroatoms. The van der Waals surface area contributed by atoms with Gasteiger partial charge in [-0.3, -0.25) is 19.9 Å². The molecule has 1 atom stereocenters. The number of para-hydroxylation sites is 1. The molecule has 0 radical (unpaired) electrons. The van der Waals surface area contributed by atoms with Gasteiger partial charge in [0.1, 0.15) is 11.3 Å². The van der Waals surface area contributed by atoms with Crippen molar-refractivity contribution < 1.29 is 14.5 Å². The Labute approximate surface area is 225 Å². The molecular weight excluding hydrogens is 494 g/mol. The first-order valence-corrected chi connectivity index (χ1v) is 12.3. The second kappa shape index (κ2) is 11.4. The Morgan fingerprint density at radius 2 is 1.69 bits per heavy atom. The lowest BCUT2D eigenvalue weighted by molar-refractivity contribution is -0.385. The number of hydrazone groups is 2. The molecule has 1 heterocycles. The van der Waals surface area contributed by atoms with E-state index in [1.165, 1.54) is 24.4 Å². The minimum Gasteiger partial charge on any atom is -0.497 e. The lowest BCUT2D eigenvalue weighted by atomic mass is 9.98. The highest BCUT2D eigenvalue weighted by molar-refractivity contribution is 6.03. The normalized spacial score (nSPS) is 14.7. The molecule has 9 nitrogen and oxygen atoms in total. The van der Waals surface area contributed by atoms with Crippen LogP contribution in [0.25, 0.3) is 0 Å². The lowest BCUT2D eigenvalue weighted by Crippen LogP contribution is -2.19. The van der Waals surface area contributed by atoms with E-state index in [0.717, 1.165) is 40.3 Å². The minimum absolute atomic E-state index is 0.00609. The molecule has 0 spiro atoms. The molecular formula is C30H25N5O4. The molecule has 0 saturated carbocycles. The number of amides is 1. The van der Waals surface area contributed by atoms with Crippen molar-refractivity contribution >= 4 is 29.2 Å². The van der Waals surface area contributed by atoms with Crippen molar-refractivity contribution in [2.24, 2.45) is 10.2 Å². The molecule has 0 fully saturated rings. The zero-order valence-corrected chi connectivity index (χ0v) is 21.1. The van der Waals surface area contributed by atoms with Gasteiger partial charge in [-0.1, -0.05) is 66.7 Å². The third kappa shape index (κ3) is 5.67. The largest absolute Gasteiger partial charge is 0.497 e. The third-order valence-electron chi connectivity index (χ3n) is 6.40. The Morgan fingerprint density at radius 3 is 2.38 bits per heavy atom. The average molecular weight is 520 g/mol. The maximum Gasteiger partial charge on any atom is 0.282 e. The van der Waals surface area contributed by atoms with Crippen molar-refractivity contribution in [3.05, 3.63) is 135 Å². The van der Waals surface area contributed by atoms with Gasteiger partial charge >= 0.3 is 0 Å². The summed E-state index contributed by atoms with van der Waals surface area (Å²) >= 11 is 0. The van der Waals surface area contributed by atoms with Crippen LogP contribution in [0.5, 0.6) is 5.75 Å². The molecule has 1 N–H and O–H groups in total. The van der Waals surface area contributed by atoms with Gasteiger partial charge in [0.25, 0.3) is 11.6 Å². The van der Waals surface area contributed by atoms with E-state index in [-0.39, 0.29) is 17.3 Å². The predicted octanol–water partition coefficient (Wildman–Crippen LogP) is 5.72. The summed E-state index contributed by atoms with van der Waals surface area (Å²) in [4.78, 5) is 23.0. The molecule has 0 bridgehead atoms. The van der Waals surface area contributed by atoms with Gasteiger partial charge in [0.05, 0.1) is 35.7 Å². The first-order chi connectivity index (χ1) is 19.0. The minimum atomic E-state index is -0.655. The van der Waals surface area contributed by atoms with Crippen LogP contribution in [0.1, 0.15) is 39.5 Å². The number of nitro groups is 1. The molecule has 0 aliphatic carbocycles. The Bertz CT molecular complexity index is 1530. The summed E-state index contributed by atoms with van der Waals surface area (Å²) < 4.78 is 5.32. The highest BCUT2D eigenvalue weighted by atomic mass is 16.6. The molecule has 1 amide bonds. The monoisotopic (exact) mass is 519 g/mol. The van der Waals surface area contributed by atoms with Gasteiger partial charge < -0.3 is 4.74 Å². The first kappa shape index (κ1) is 25.3. The summed E-state index contributed by atoms with van der Waals surface area (Å²) in [7, 11) is 1.65. The van der Waals surface area contributed by atoms with Crippen molar-refractivity contribution in [1.29, 1.82) is 0 Å². The van der Waals surface area contributed by atoms with E-state index in [1.807, 2.05) is 59.6 Å². The van der Waals surface area contributed by atoms with Gasteiger partial charge in [0.2, 0.25) is 0 Å². The predicted molar refractivity (Wildman–Crippen MR) is 150 cm³/mol. The van der Waals surface area contributed by atoms with Crippen molar-refractivity contribution in [2.75, 3.05) is 12.1 Å². The van der Waals surface area contributed by atoms with E-state index in [4.69, 9.17) is 9.84 Å². The number of nitrogens with zero attached hydrogens (tertiary/aromatic N) is 4. The van der Waals surface area contributed by atoms with E-state index < -0.39 is 10.8 Å². The fraction of sp³-hybridized carbons (Fsp3) is 0.100. The fourth-order valence-electron chi connectivity index (χ4n) is 4.40. The number of benzene rings is 4. The molecule has 4 aromatic carbocycles. The highest BCUT2D eigenvalue weighted by Gasteiger charge is 2.30. The molecule has 0 unspecified atom stereocenters. The zero-order chi connectivity index (χ0) is 27.2. The summed E-state index contributed by atoms with van der Waals surface area (Å²) in [6.45, 7) is 0. The van der Waals surface area contributed by atoms with Crippen LogP contribution in [0, 0.1) is 10.1 Å². The standard InChI is InChI=1S/C30H25N5O4/c1-39-25-17-13-23(14-18-25)29-19-27(22-7-3-2-4-8-22)33-34(29)24-15-11-21(12-16-24)20-31-32-30(36)26-9-5-6-10-28(26)35(37)38/h2-18,20,29H,19H2,1H3,(H,32,36)/b31-20-/t29-/m0/s1. The van der Waals surface area contributed by atoms with E-state index in [1.54, 1.807) is 13.2 Å². The zero-order valence-electron chi connectivity index (χ0n) is 21.1. The van der Waals surface area contributed by atoms with E-state index in [2.05, 4.69) is 34.8 Å². The second-order valence-corrected chi connectivity index (χ2v) is 8.82. The maximum atomic E-state index is 12.4. The van der Waals surface area contributed by atoms with E-state index in [0.29, 0.717) is 0 Å². The van der Waals surface area contributed by atoms with Crippen LogP contribution >= 0.6 is 0 Å². The third-order valence-corrected chi connectivity index (χ3v) is 6.40. The maximum absolute atomic E-state index is 12.4. The van der Waals surface area contributed by atoms with Gasteiger partial charge in [-0.2, -0.15) is 10.2 Å². The molecule has 1 aliphatic heterocycles. The van der Waals surface area contributed by atoms with Crippen LogP contribution < -0.4 is 15.2 Å². The molecule has 5 rings (SSSR count). The van der Waals surface area contributed by atoms with Crippen LogP contribution in [0.3, 0.4) is 0 Å². The number of nitro benzene ring substituents is 1. The number of carbonyl (C=O) groups is 1. The van der Waals surface area contributed by atoms with Crippen LogP contribution in [0.2, 0.25) is 0 Å². The van der Waals surface area contributed by atoms with Crippen LogP contribution in [-0.2, 0) is 0 Å². The molecule has 194 valence electrons. The SMILES string of the molecule is COc1ccc([C@@H]2CC(c3ccccc3)=NN2c2ccc(/C=N\NC(=O)c3ccccc3[N+](=O)[O-])cc2)cc1. The van der Waals surface area contributed by atoms with Gasteiger partial charge in [-0.15, -0.1) is 0 Å². The Morgan fingerprint density at radius 1 is 1.00 bits per heavy atom. The Hall–Kier alpha value is -5.31. The lowest BCUT2D eigenvalue weighted by Gasteiger charge is -2.24. The Balaban J connectivity index is 1.34. The smallest absolute Gasteiger partial charge is 0.282 e. The number of methoxy groups -OCH3 is 1. The number of nitrogens with one attached hydrogen (secondary N) is 1. The summed E-state index contributed by atoms with van der Waals surface area (Å²) in [6.07, 6.45) is 2.23. The van der Waals surface area contributed by atoms with Gasteiger partial charge in [0.15, 0.2) is 0 Å². The average Bonchev–Trinajstić information content (AvgIpc) is 3.43. The van der Waals surface area contributed by atoms with Crippen LogP contribution in [0.4, 0.5) is 11.4 Å². The molecule has 4 aromatic rings. The van der Waals surface area contributed by atoms with Crippen molar-refractivity contribution in [2.45, 2.75) is 12.5 Å². The summed E-state index contributed by atoms with van der Waals surface area (Å²) in [5.41, 5.74) is 6.88. The highest BCUT2D eigenvalue weighted by Crippen LogP contribution is 2.37. The van der Waals surface area contributed by atoms with Gasteiger partial charge in [0, 0.05) is 12.5 Å². The van der Waals surface area contributed by atoms with E-state index in [9.17, 15) is 14.9 Å². The van der Waals surface area contributed by atoms with Crippen molar-refractivity contribution in [1.82, 2.24) is 5.43 Å². The second-order valence-electron chi connectivity index (χ2n) is 8.82. The summed E-state index contributed by atoms with van der Waals surface area (Å²) in [6, 6.07) is 31.5. The number of carbonyl (C=O) groups excluding carboxylic acids is 1. The fourth-order valence-corrected chi connectivity index (χ4v) is 4.40. The summed E-state index contributed by atoms with van der Waals surface area (Å²) in [5, 5.41) is 22.1. The molecule has 39 heavy (non-hydrogen) atoms. The molecule has 0 saturated heterocycles. The summed E-state index contributed by atoms with van der Waals surface area (Å²) in [5.74, 6) is 0.141. The van der Waals surface area contributed by atoms with Crippen molar-refractivity contribution in [3.8, 4) is 5.75 Å². The number of rotatable bonds is 8. The first-order valence-electron chi connectivity index (χ1n) is 12.3. The number of ether oxygens (including phenoxy) is 1. The number of hydrogen-bond donors (Lipinski definition) is 1. The molecule has 1 aliphatic rings. The van der Waals surface area contributed by atoms with Gasteiger partial charge in [-0.25, -0.2) is 5.43 Å². The quantitative estimate of drug-likeness (QED) is 0.182.